The lowest BCUT2D eigenvalue weighted by Gasteiger charge is -2.32. The highest BCUT2D eigenvalue weighted by Gasteiger charge is 2.33. The van der Waals surface area contributed by atoms with Gasteiger partial charge < -0.3 is 15.0 Å². The van der Waals surface area contributed by atoms with Crippen LogP contribution in [0.25, 0.3) is 0 Å². The Morgan fingerprint density at radius 3 is 2.27 bits per heavy atom. The number of hydrogen-bond acceptors (Lipinski definition) is 5. The van der Waals surface area contributed by atoms with Crippen LogP contribution in [0.5, 0.6) is 5.75 Å². The van der Waals surface area contributed by atoms with Crippen LogP contribution < -0.4 is 14.4 Å². The standard InChI is InChI=1S/C30H36ClN3O5S/c1-4-5-19-32-30(36)23(2)33(20-18-24-12-8-6-9-13-24)29(35)22-34(27-21-25(31)16-17-28(27)39-3)40(37,38)26-14-10-7-11-15-26/h6-17,21,23H,4-5,18-20,22H2,1-3H3,(H,32,36)/t23-/m0/s1. The van der Waals surface area contributed by atoms with E-state index in [1.807, 2.05) is 37.3 Å². The van der Waals surface area contributed by atoms with Gasteiger partial charge >= 0.3 is 0 Å². The van der Waals surface area contributed by atoms with Crippen molar-refractivity contribution in [1.82, 2.24) is 10.2 Å². The fourth-order valence-corrected chi connectivity index (χ4v) is 5.80. The monoisotopic (exact) mass is 585 g/mol. The van der Waals surface area contributed by atoms with Gasteiger partial charge in [0.15, 0.2) is 0 Å². The van der Waals surface area contributed by atoms with Gasteiger partial charge in [-0.3, -0.25) is 13.9 Å². The van der Waals surface area contributed by atoms with Gasteiger partial charge in [0.1, 0.15) is 18.3 Å². The fourth-order valence-electron chi connectivity index (χ4n) is 4.20. The summed E-state index contributed by atoms with van der Waals surface area (Å²) in [5.41, 5.74) is 1.11. The minimum absolute atomic E-state index is 0.00558. The molecule has 8 nitrogen and oxygen atoms in total. The molecule has 3 aromatic carbocycles. The molecule has 0 bridgehead atoms. The molecule has 40 heavy (non-hydrogen) atoms. The second-order valence-corrected chi connectivity index (χ2v) is 11.6. The number of nitrogens with zero attached hydrogens (tertiary/aromatic N) is 2. The maximum Gasteiger partial charge on any atom is 0.264 e. The Bertz CT molecular complexity index is 1370. The van der Waals surface area contributed by atoms with E-state index in [0.29, 0.717) is 13.0 Å². The first-order valence-corrected chi connectivity index (χ1v) is 15.0. The largest absolute Gasteiger partial charge is 0.495 e. The van der Waals surface area contributed by atoms with Crippen molar-refractivity contribution < 1.29 is 22.7 Å². The fraction of sp³-hybridized carbons (Fsp3) is 0.333. The average molecular weight is 586 g/mol. The minimum atomic E-state index is -4.22. The number of nitrogens with one attached hydrogen (secondary N) is 1. The summed E-state index contributed by atoms with van der Waals surface area (Å²) >= 11 is 6.26. The van der Waals surface area contributed by atoms with E-state index in [-0.39, 0.29) is 33.8 Å². The number of anilines is 1. The molecule has 0 aromatic heterocycles. The number of halogens is 1. The van der Waals surface area contributed by atoms with Crippen LogP contribution in [-0.4, -0.2) is 57.9 Å². The van der Waals surface area contributed by atoms with Gasteiger partial charge in [0, 0.05) is 18.1 Å². The predicted octanol–water partition coefficient (Wildman–Crippen LogP) is 4.92. The first-order valence-electron chi connectivity index (χ1n) is 13.2. The van der Waals surface area contributed by atoms with Crippen LogP contribution in [0.15, 0.2) is 83.8 Å². The van der Waals surface area contributed by atoms with Gasteiger partial charge in [0.05, 0.1) is 17.7 Å². The summed E-state index contributed by atoms with van der Waals surface area (Å²) in [7, 11) is -2.80. The van der Waals surface area contributed by atoms with Gasteiger partial charge in [-0.25, -0.2) is 8.42 Å². The number of rotatable bonds is 14. The quantitative estimate of drug-likeness (QED) is 0.271. The smallest absolute Gasteiger partial charge is 0.264 e. The number of methoxy groups -OCH3 is 1. The zero-order valence-corrected chi connectivity index (χ0v) is 24.6. The zero-order valence-electron chi connectivity index (χ0n) is 23.0. The molecule has 3 aromatic rings. The highest BCUT2D eigenvalue weighted by atomic mass is 35.5. The lowest BCUT2D eigenvalue weighted by molar-refractivity contribution is -0.138. The van der Waals surface area contributed by atoms with Crippen LogP contribution >= 0.6 is 11.6 Å². The molecule has 1 atom stereocenters. The molecule has 0 saturated heterocycles. The summed E-state index contributed by atoms with van der Waals surface area (Å²) in [6.07, 6.45) is 2.22. The third-order valence-electron chi connectivity index (χ3n) is 6.50. The van der Waals surface area contributed by atoms with Crippen molar-refractivity contribution in [2.45, 2.75) is 44.0 Å². The topological polar surface area (TPSA) is 96.0 Å². The van der Waals surface area contributed by atoms with Crippen LogP contribution in [0, 0.1) is 0 Å². The Balaban J connectivity index is 2.00. The van der Waals surface area contributed by atoms with Gasteiger partial charge in [-0.05, 0) is 55.7 Å². The molecule has 214 valence electrons. The molecule has 10 heteroatoms. The van der Waals surface area contributed by atoms with Crippen molar-refractivity contribution in [3.63, 3.8) is 0 Å². The van der Waals surface area contributed by atoms with E-state index in [2.05, 4.69) is 5.32 Å². The summed E-state index contributed by atoms with van der Waals surface area (Å²) in [4.78, 5) is 28.4. The molecule has 0 saturated carbocycles. The maximum atomic E-state index is 14.0. The second kappa shape index (κ2) is 14.7. The number of ether oxygens (including phenoxy) is 1. The summed E-state index contributed by atoms with van der Waals surface area (Å²) < 4.78 is 34.2. The van der Waals surface area contributed by atoms with Crippen molar-refractivity contribution in [2.75, 3.05) is 31.0 Å². The lowest BCUT2D eigenvalue weighted by atomic mass is 10.1. The predicted molar refractivity (Wildman–Crippen MR) is 158 cm³/mol. The Hall–Kier alpha value is -3.56. The van der Waals surface area contributed by atoms with Crippen LogP contribution in [0.1, 0.15) is 32.3 Å². The van der Waals surface area contributed by atoms with Crippen molar-refractivity contribution in [2.24, 2.45) is 0 Å². The number of benzene rings is 3. The summed E-state index contributed by atoms with van der Waals surface area (Å²) in [5.74, 6) is -0.596. The third-order valence-corrected chi connectivity index (χ3v) is 8.51. The molecule has 2 amide bonds. The van der Waals surface area contributed by atoms with Gasteiger partial charge in [-0.15, -0.1) is 0 Å². The molecular weight excluding hydrogens is 550 g/mol. The van der Waals surface area contributed by atoms with Gasteiger partial charge in [0.2, 0.25) is 11.8 Å². The van der Waals surface area contributed by atoms with Crippen LogP contribution in [-0.2, 0) is 26.0 Å². The van der Waals surface area contributed by atoms with E-state index >= 15 is 0 Å². The first-order chi connectivity index (χ1) is 19.2. The van der Waals surface area contributed by atoms with Crippen LogP contribution in [0.4, 0.5) is 5.69 Å². The number of hydrogen-bond donors (Lipinski definition) is 1. The van der Waals surface area contributed by atoms with E-state index in [0.717, 1.165) is 22.7 Å². The van der Waals surface area contributed by atoms with E-state index in [4.69, 9.17) is 16.3 Å². The lowest BCUT2D eigenvalue weighted by Crippen LogP contribution is -2.52. The Labute approximate surface area is 241 Å². The Kier molecular flexibility index (Phi) is 11.4. The van der Waals surface area contributed by atoms with Crippen LogP contribution in [0.2, 0.25) is 5.02 Å². The normalized spacial score (nSPS) is 11.9. The van der Waals surface area contributed by atoms with Gasteiger partial charge in [-0.2, -0.15) is 0 Å². The number of carbonyl (C=O) groups excluding carboxylic acids is 2. The molecule has 3 rings (SSSR count). The molecule has 0 radical (unpaired) electrons. The summed E-state index contributed by atoms with van der Waals surface area (Å²) in [5, 5.41) is 3.16. The number of carbonyl (C=O) groups is 2. The zero-order chi connectivity index (χ0) is 29.1. The van der Waals surface area contributed by atoms with Crippen molar-refractivity contribution >= 4 is 39.1 Å². The van der Waals surface area contributed by atoms with E-state index in [1.165, 1.54) is 30.2 Å². The molecule has 0 spiro atoms. The highest BCUT2D eigenvalue weighted by Crippen LogP contribution is 2.35. The number of sulfonamides is 1. The van der Waals surface area contributed by atoms with Gasteiger partial charge in [-0.1, -0.05) is 73.5 Å². The summed E-state index contributed by atoms with van der Waals surface area (Å²) in [6, 6.07) is 21.2. The first kappa shape index (κ1) is 31.0. The van der Waals surface area contributed by atoms with E-state index in [1.54, 1.807) is 37.3 Å². The molecule has 0 aliphatic rings. The number of unbranched alkanes of at least 4 members (excludes halogenated alkanes) is 1. The maximum absolute atomic E-state index is 14.0. The third kappa shape index (κ3) is 7.99. The van der Waals surface area contributed by atoms with E-state index in [9.17, 15) is 18.0 Å². The van der Waals surface area contributed by atoms with E-state index < -0.39 is 28.5 Å². The summed E-state index contributed by atoms with van der Waals surface area (Å²) in [6.45, 7) is 3.83. The second-order valence-electron chi connectivity index (χ2n) is 9.28. The minimum Gasteiger partial charge on any atom is -0.495 e. The van der Waals surface area contributed by atoms with Gasteiger partial charge in [0.25, 0.3) is 10.0 Å². The van der Waals surface area contributed by atoms with Crippen molar-refractivity contribution in [1.29, 1.82) is 0 Å². The molecule has 1 N–H and O–H groups in total. The highest BCUT2D eigenvalue weighted by molar-refractivity contribution is 7.92. The molecule has 0 unspecified atom stereocenters. The molecule has 0 aliphatic carbocycles. The van der Waals surface area contributed by atoms with Crippen LogP contribution in [0.3, 0.4) is 0 Å². The molecular formula is C30H36ClN3O5S. The molecule has 0 aliphatic heterocycles. The van der Waals surface area contributed by atoms with Crippen molar-refractivity contribution in [3.8, 4) is 5.75 Å². The molecule has 0 fully saturated rings. The Morgan fingerprint density at radius 2 is 1.65 bits per heavy atom. The molecule has 0 heterocycles. The Morgan fingerprint density at radius 1 is 1.00 bits per heavy atom. The average Bonchev–Trinajstić information content (AvgIpc) is 2.96. The van der Waals surface area contributed by atoms with Crippen molar-refractivity contribution in [3.05, 3.63) is 89.4 Å². The number of amides is 2. The SMILES string of the molecule is CCCCNC(=O)[C@H](C)N(CCc1ccccc1)C(=O)CN(c1cc(Cl)ccc1OC)S(=O)(=O)c1ccccc1.